The molecule has 0 atom stereocenters. The van der Waals surface area contributed by atoms with Gasteiger partial charge in [-0.25, -0.2) is 0 Å². The minimum absolute atomic E-state index is 0.153. The maximum Gasteiger partial charge on any atom is 0.251 e. The predicted octanol–water partition coefficient (Wildman–Crippen LogP) is 3.28. The number of nitrogens with one attached hydrogen (secondary N) is 4. The molecule has 1 aromatic heterocycles. The van der Waals surface area contributed by atoms with Gasteiger partial charge in [-0.15, -0.1) is 0 Å². The van der Waals surface area contributed by atoms with Crippen LogP contribution in [0.1, 0.15) is 41.8 Å². The number of anilines is 3. The van der Waals surface area contributed by atoms with Gasteiger partial charge in [0, 0.05) is 38.3 Å². The van der Waals surface area contributed by atoms with Crippen LogP contribution in [0.4, 0.5) is 17.8 Å². The molecule has 0 aliphatic rings. The zero-order chi connectivity index (χ0) is 30.0. The van der Waals surface area contributed by atoms with Gasteiger partial charge in [0.1, 0.15) is 5.75 Å². The Morgan fingerprint density at radius 1 is 0.762 bits per heavy atom. The molecule has 42 heavy (non-hydrogen) atoms. The number of amides is 1. The van der Waals surface area contributed by atoms with Gasteiger partial charge in [-0.3, -0.25) is 4.79 Å². The summed E-state index contributed by atoms with van der Waals surface area (Å²) in [5.41, 5.74) is 8.00. The first kappa shape index (κ1) is 32.5. The summed E-state index contributed by atoms with van der Waals surface area (Å²) in [7, 11) is 1.65. The molecule has 0 fully saturated rings. The Hall–Kier alpha value is -4.00. The first-order valence-corrected chi connectivity index (χ1v) is 14.3. The molecule has 0 saturated carbocycles. The van der Waals surface area contributed by atoms with E-state index in [1.807, 2.05) is 36.4 Å². The zero-order valence-corrected chi connectivity index (χ0v) is 24.8. The van der Waals surface area contributed by atoms with Crippen LogP contribution in [0.15, 0.2) is 48.5 Å². The molecule has 0 bridgehead atoms. The normalized spacial score (nSPS) is 10.9. The summed E-state index contributed by atoms with van der Waals surface area (Å²) in [6.45, 7) is 8.94. The lowest BCUT2D eigenvalue weighted by Crippen LogP contribution is -2.27. The summed E-state index contributed by atoms with van der Waals surface area (Å²) in [5, 5.41) is 12.7. The predicted molar refractivity (Wildman–Crippen MR) is 165 cm³/mol. The number of ether oxygens (including phenoxy) is 3. The smallest absolute Gasteiger partial charge is 0.251 e. The largest absolute Gasteiger partial charge is 0.497 e. The number of hydrogen-bond acceptors (Lipinski definition) is 11. The van der Waals surface area contributed by atoms with E-state index in [1.54, 1.807) is 19.2 Å². The lowest BCUT2D eigenvalue weighted by Gasteiger charge is -2.12. The van der Waals surface area contributed by atoms with Gasteiger partial charge in [0.15, 0.2) is 0 Å². The first-order chi connectivity index (χ1) is 20.5. The molecule has 0 unspecified atom stereocenters. The highest BCUT2D eigenvalue weighted by molar-refractivity contribution is 5.94. The van der Waals surface area contributed by atoms with Crippen LogP contribution in [-0.2, 0) is 22.6 Å². The molecule has 0 aliphatic heterocycles. The summed E-state index contributed by atoms with van der Waals surface area (Å²) in [6, 6.07) is 15.2. The minimum atomic E-state index is -0.153. The Labute approximate surface area is 248 Å². The minimum Gasteiger partial charge on any atom is -0.497 e. The summed E-state index contributed by atoms with van der Waals surface area (Å²) in [5.74, 6) is 2.64. The van der Waals surface area contributed by atoms with E-state index in [-0.39, 0.29) is 5.91 Å². The van der Waals surface area contributed by atoms with Crippen molar-refractivity contribution in [3.05, 3.63) is 65.2 Å². The number of benzene rings is 2. The number of aromatic nitrogens is 3. The molecule has 0 saturated heterocycles. The van der Waals surface area contributed by atoms with E-state index >= 15 is 0 Å². The molecule has 12 heteroatoms. The van der Waals surface area contributed by atoms with E-state index in [1.165, 1.54) is 0 Å². The number of carbonyl (C=O) groups excluding carboxylic acids is 1. The summed E-state index contributed by atoms with van der Waals surface area (Å²) >= 11 is 0. The molecule has 3 rings (SSSR count). The van der Waals surface area contributed by atoms with Crippen LogP contribution in [0.2, 0.25) is 0 Å². The molecule has 3 aromatic rings. The number of hydrogen-bond donors (Lipinski definition) is 5. The molecule has 2 aromatic carbocycles. The van der Waals surface area contributed by atoms with Crippen molar-refractivity contribution in [2.45, 2.75) is 33.4 Å². The van der Waals surface area contributed by atoms with Crippen LogP contribution in [0.5, 0.6) is 5.75 Å². The van der Waals surface area contributed by atoms with E-state index < -0.39 is 0 Å². The molecule has 1 heterocycles. The van der Waals surface area contributed by atoms with Crippen LogP contribution in [0.3, 0.4) is 0 Å². The van der Waals surface area contributed by atoms with Gasteiger partial charge in [0.05, 0.1) is 33.5 Å². The third kappa shape index (κ3) is 12.2. The van der Waals surface area contributed by atoms with Gasteiger partial charge in [-0.1, -0.05) is 38.1 Å². The van der Waals surface area contributed by atoms with Crippen LogP contribution in [0.25, 0.3) is 0 Å². The number of rotatable bonds is 20. The van der Waals surface area contributed by atoms with Crippen molar-refractivity contribution < 1.29 is 19.0 Å². The highest BCUT2D eigenvalue weighted by Crippen LogP contribution is 2.15. The topological polar surface area (TPSA) is 158 Å². The van der Waals surface area contributed by atoms with Gasteiger partial charge < -0.3 is 41.2 Å². The second kappa shape index (κ2) is 18.4. The maximum absolute atomic E-state index is 12.4. The molecule has 0 aliphatic carbocycles. The molecule has 1 amide bonds. The van der Waals surface area contributed by atoms with Gasteiger partial charge in [-0.05, 0) is 47.7 Å². The maximum atomic E-state index is 12.4. The Morgan fingerprint density at radius 3 is 1.86 bits per heavy atom. The average molecular weight is 581 g/mol. The number of carbonyl (C=O) groups is 1. The van der Waals surface area contributed by atoms with Crippen LogP contribution in [-0.4, -0.2) is 74.0 Å². The van der Waals surface area contributed by atoms with Crippen LogP contribution < -0.4 is 31.7 Å². The van der Waals surface area contributed by atoms with Crippen molar-refractivity contribution in [2.75, 3.05) is 69.1 Å². The van der Waals surface area contributed by atoms with Crippen LogP contribution in [0, 0.1) is 5.92 Å². The number of methoxy groups -OCH3 is 1. The van der Waals surface area contributed by atoms with Gasteiger partial charge >= 0.3 is 0 Å². The lowest BCUT2D eigenvalue weighted by atomic mass is 10.1. The summed E-state index contributed by atoms with van der Waals surface area (Å²) in [4.78, 5) is 26.1. The molecule has 228 valence electrons. The van der Waals surface area contributed by atoms with Crippen molar-refractivity contribution in [3.63, 3.8) is 0 Å². The fraction of sp³-hybridized carbons (Fsp3) is 0.467. The van der Waals surface area contributed by atoms with E-state index in [0.717, 1.165) is 29.8 Å². The van der Waals surface area contributed by atoms with Crippen LogP contribution >= 0.6 is 0 Å². The highest BCUT2D eigenvalue weighted by atomic mass is 16.5. The quantitative estimate of drug-likeness (QED) is 0.125. The molecular formula is C30H44N8O4. The molecular weight excluding hydrogens is 536 g/mol. The average Bonchev–Trinajstić information content (AvgIpc) is 3.00. The molecule has 12 nitrogen and oxygen atoms in total. The van der Waals surface area contributed by atoms with Crippen molar-refractivity contribution in [2.24, 2.45) is 11.7 Å². The Kier molecular flexibility index (Phi) is 14.3. The SMILES string of the molecule is COc1ccc(CNc2nc(NCCC(C)C)nc(NCc3ccc(C(=O)NCCOCCOCCN)cc3)n2)cc1. The van der Waals surface area contributed by atoms with Gasteiger partial charge in [-0.2, -0.15) is 15.0 Å². The van der Waals surface area contributed by atoms with E-state index in [2.05, 4.69) is 50.1 Å². The number of nitrogens with zero attached hydrogens (tertiary/aromatic N) is 3. The third-order valence-corrected chi connectivity index (χ3v) is 6.08. The Balaban J connectivity index is 1.52. The van der Waals surface area contributed by atoms with Gasteiger partial charge in [0.25, 0.3) is 5.91 Å². The molecule has 6 N–H and O–H groups in total. The Bertz CT molecular complexity index is 1190. The third-order valence-electron chi connectivity index (χ3n) is 6.08. The van der Waals surface area contributed by atoms with Gasteiger partial charge in [0.2, 0.25) is 17.8 Å². The lowest BCUT2D eigenvalue weighted by molar-refractivity contribution is 0.0511. The van der Waals surface area contributed by atoms with E-state index in [0.29, 0.717) is 81.9 Å². The fourth-order valence-electron chi connectivity index (χ4n) is 3.71. The van der Waals surface area contributed by atoms with Crippen molar-refractivity contribution in [1.29, 1.82) is 0 Å². The monoisotopic (exact) mass is 580 g/mol. The molecule has 0 spiro atoms. The summed E-state index contributed by atoms with van der Waals surface area (Å²) < 4.78 is 15.9. The standard InChI is InChI=1S/C30H44N8O4/c1-22(2)12-14-33-28-36-29(38-30(37-28)35-21-24-6-10-26(40-3)11-7-24)34-20-23-4-8-25(9-5-23)27(39)32-15-17-42-19-18-41-16-13-31/h4-11,22H,12-21,31H2,1-3H3,(H,32,39)(H3,33,34,35,36,37,38). The second-order valence-electron chi connectivity index (χ2n) is 9.94. The zero-order valence-electron chi connectivity index (χ0n) is 24.8. The van der Waals surface area contributed by atoms with Crippen molar-refractivity contribution >= 4 is 23.8 Å². The second-order valence-corrected chi connectivity index (χ2v) is 9.94. The summed E-state index contributed by atoms with van der Waals surface area (Å²) in [6.07, 6.45) is 1.00. The van der Waals surface area contributed by atoms with Crippen molar-refractivity contribution in [3.8, 4) is 5.75 Å². The first-order valence-electron chi connectivity index (χ1n) is 14.3. The van der Waals surface area contributed by atoms with Crippen molar-refractivity contribution in [1.82, 2.24) is 20.3 Å². The fourth-order valence-corrected chi connectivity index (χ4v) is 3.71. The molecule has 0 radical (unpaired) electrons. The highest BCUT2D eigenvalue weighted by Gasteiger charge is 2.09. The van der Waals surface area contributed by atoms with E-state index in [4.69, 9.17) is 19.9 Å². The van der Waals surface area contributed by atoms with E-state index in [9.17, 15) is 4.79 Å². The Morgan fingerprint density at radius 2 is 1.31 bits per heavy atom. The number of nitrogens with two attached hydrogens (primary N) is 1.